The van der Waals surface area contributed by atoms with E-state index in [-0.39, 0.29) is 0 Å². The van der Waals surface area contributed by atoms with Crippen LogP contribution in [0, 0.1) is 6.92 Å². The zero-order valence-corrected chi connectivity index (χ0v) is 28.2. The van der Waals surface area contributed by atoms with Crippen LogP contribution in [0.5, 0.6) is 0 Å². The Bertz CT molecular complexity index is 2610. The largest absolute Gasteiger partial charge is 0.248 e. The Morgan fingerprint density at radius 1 is 0.294 bits per heavy atom. The first-order valence-electron chi connectivity index (χ1n) is 17.3. The number of benzene rings is 6. The fraction of sp³-hybridized carbons (Fsp3) is 0.0208. The summed E-state index contributed by atoms with van der Waals surface area (Å²) in [6, 6.07) is 63.7. The lowest BCUT2D eigenvalue weighted by atomic mass is 9.97. The van der Waals surface area contributed by atoms with Crippen molar-refractivity contribution in [2.75, 3.05) is 0 Å². The van der Waals surface area contributed by atoms with Crippen LogP contribution in [0.15, 0.2) is 182 Å². The van der Waals surface area contributed by atoms with Crippen LogP contribution < -0.4 is 0 Å². The molecule has 0 spiro atoms. The molecule has 3 heterocycles. The lowest BCUT2D eigenvalue weighted by Gasteiger charge is -2.12. The van der Waals surface area contributed by atoms with Gasteiger partial charge in [-0.05, 0) is 65.1 Å². The van der Waals surface area contributed by atoms with Gasteiger partial charge in [0.1, 0.15) is 0 Å². The monoisotopic (exact) mass is 651 g/mol. The van der Waals surface area contributed by atoms with E-state index in [1.54, 1.807) is 0 Å². The summed E-state index contributed by atoms with van der Waals surface area (Å²) >= 11 is 0. The number of aromatic nitrogens is 3. The Morgan fingerprint density at radius 2 is 0.784 bits per heavy atom. The van der Waals surface area contributed by atoms with Crippen LogP contribution in [0.4, 0.5) is 0 Å². The predicted octanol–water partition coefficient (Wildman–Crippen LogP) is 12.5. The molecule has 6 aromatic carbocycles. The molecule has 0 aliphatic carbocycles. The van der Waals surface area contributed by atoms with E-state index >= 15 is 0 Å². The molecule has 0 fully saturated rings. The van der Waals surface area contributed by atoms with E-state index in [0.29, 0.717) is 0 Å². The van der Waals surface area contributed by atoms with Gasteiger partial charge in [-0.2, -0.15) is 0 Å². The first-order valence-corrected chi connectivity index (χ1v) is 17.3. The van der Waals surface area contributed by atoms with E-state index < -0.39 is 0 Å². The van der Waals surface area contributed by atoms with Gasteiger partial charge < -0.3 is 0 Å². The second-order valence-electron chi connectivity index (χ2n) is 12.9. The Hall–Kier alpha value is -6.71. The zero-order valence-electron chi connectivity index (χ0n) is 28.2. The molecule has 240 valence electrons. The summed E-state index contributed by atoms with van der Waals surface area (Å²) in [6.07, 6.45) is 0. The van der Waals surface area contributed by atoms with E-state index in [0.717, 1.165) is 83.5 Å². The van der Waals surface area contributed by atoms with Crippen molar-refractivity contribution in [3.05, 3.63) is 188 Å². The number of hydrogen-bond donors (Lipinski definition) is 0. The minimum Gasteiger partial charge on any atom is -0.248 e. The second kappa shape index (κ2) is 13.0. The molecule has 0 saturated heterocycles. The zero-order chi connectivity index (χ0) is 34.1. The SMILES string of the molecule is Cc1cc(-c2cccc(-c3ccc(-c4cc(-c5ccccc5)cc(-c5ccccc5)n4)cc3)c2)nc2c1ccc1ccc(-c3ccccc3)nc12. The summed E-state index contributed by atoms with van der Waals surface area (Å²) in [5, 5.41) is 2.20. The molecule has 0 bridgehead atoms. The summed E-state index contributed by atoms with van der Waals surface area (Å²) in [5.74, 6) is 0. The lowest BCUT2D eigenvalue weighted by Crippen LogP contribution is -1.93. The molecule has 0 N–H and O–H groups in total. The molecule has 9 rings (SSSR count). The molecular weight excluding hydrogens is 619 g/mol. The Labute approximate surface area is 297 Å². The van der Waals surface area contributed by atoms with Crippen molar-refractivity contribution < 1.29 is 0 Å². The van der Waals surface area contributed by atoms with Crippen molar-refractivity contribution in [2.24, 2.45) is 0 Å². The molecule has 0 amide bonds. The summed E-state index contributed by atoms with van der Waals surface area (Å²) in [5.41, 5.74) is 15.8. The van der Waals surface area contributed by atoms with Crippen molar-refractivity contribution in [3.63, 3.8) is 0 Å². The van der Waals surface area contributed by atoms with Gasteiger partial charge in [-0.25, -0.2) is 15.0 Å². The van der Waals surface area contributed by atoms with Crippen LogP contribution in [0.1, 0.15) is 5.56 Å². The van der Waals surface area contributed by atoms with Gasteiger partial charge in [-0.1, -0.05) is 152 Å². The smallest absolute Gasteiger partial charge is 0.0975 e. The highest BCUT2D eigenvalue weighted by atomic mass is 14.8. The van der Waals surface area contributed by atoms with Crippen molar-refractivity contribution in [3.8, 4) is 67.3 Å². The van der Waals surface area contributed by atoms with Gasteiger partial charge in [0, 0.05) is 33.0 Å². The molecule has 51 heavy (non-hydrogen) atoms. The number of aryl methyl sites for hydroxylation is 1. The van der Waals surface area contributed by atoms with E-state index in [1.807, 2.05) is 24.3 Å². The first-order chi connectivity index (χ1) is 25.2. The maximum Gasteiger partial charge on any atom is 0.0975 e. The van der Waals surface area contributed by atoms with Crippen molar-refractivity contribution in [1.82, 2.24) is 15.0 Å². The number of nitrogens with zero attached hydrogens (tertiary/aromatic N) is 3. The molecule has 0 atom stereocenters. The molecular formula is C48H33N3. The summed E-state index contributed by atoms with van der Waals surface area (Å²) in [4.78, 5) is 15.5. The minimum atomic E-state index is 0.922. The highest BCUT2D eigenvalue weighted by molar-refractivity contribution is 6.05. The fourth-order valence-corrected chi connectivity index (χ4v) is 6.88. The average molecular weight is 652 g/mol. The van der Waals surface area contributed by atoms with Crippen LogP contribution >= 0.6 is 0 Å². The molecule has 3 heteroatoms. The molecule has 3 nitrogen and oxygen atoms in total. The molecule has 0 unspecified atom stereocenters. The molecule has 0 aliphatic heterocycles. The van der Waals surface area contributed by atoms with Gasteiger partial charge in [0.15, 0.2) is 0 Å². The van der Waals surface area contributed by atoms with Crippen molar-refractivity contribution in [1.29, 1.82) is 0 Å². The summed E-state index contributed by atoms with van der Waals surface area (Å²) < 4.78 is 0. The van der Waals surface area contributed by atoms with Crippen LogP contribution in [0.2, 0.25) is 0 Å². The molecule has 0 aliphatic rings. The number of rotatable bonds is 6. The fourth-order valence-electron chi connectivity index (χ4n) is 6.88. The minimum absolute atomic E-state index is 0.922. The van der Waals surface area contributed by atoms with Crippen LogP contribution in [0.25, 0.3) is 89.1 Å². The third kappa shape index (κ3) is 5.96. The summed E-state index contributed by atoms with van der Waals surface area (Å²) in [7, 11) is 0. The van der Waals surface area contributed by atoms with Gasteiger partial charge >= 0.3 is 0 Å². The molecule has 3 aromatic heterocycles. The van der Waals surface area contributed by atoms with E-state index in [2.05, 4.69) is 165 Å². The van der Waals surface area contributed by atoms with E-state index in [9.17, 15) is 0 Å². The highest BCUT2D eigenvalue weighted by Gasteiger charge is 2.13. The second-order valence-corrected chi connectivity index (χ2v) is 12.9. The number of hydrogen-bond acceptors (Lipinski definition) is 3. The Kier molecular flexibility index (Phi) is 7.71. The molecule has 0 saturated carbocycles. The maximum atomic E-state index is 5.25. The van der Waals surface area contributed by atoms with Crippen molar-refractivity contribution in [2.45, 2.75) is 6.92 Å². The van der Waals surface area contributed by atoms with Gasteiger partial charge in [0.25, 0.3) is 0 Å². The van der Waals surface area contributed by atoms with Gasteiger partial charge in [-0.15, -0.1) is 0 Å². The average Bonchev–Trinajstić information content (AvgIpc) is 3.21. The van der Waals surface area contributed by atoms with Crippen LogP contribution in [0.3, 0.4) is 0 Å². The quantitative estimate of drug-likeness (QED) is 0.168. The van der Waals surface area contributed by atoms with Crippen LogP contribution in [-0.2, 0) is 0 Å². The molecule has 9 aromatic rings. The third-order valence-corrected chi connectivity index (χ3v) is 9.59. The van der Waals surface area contributed by atoms with Gasteiger partial charge in [-0.3, -0.25) is 0 Å². The van der Waals surface area contributed by atoms with Gasteiger partial charge in [0.2, 0.25) is 0 Å². The lowest BCUT2D eigenvalue weighted by molar-refractivity contribution is 1.32. The van der Waals surface area contributed by atoms with Crippen molar-refractivity contribution >= 4 is 21.8 Å². The summed E-state index contributed by atoms with van der Waals surface area (Å²) in [6.45, 7) is 2.16. The van der Waals surface area contributed by atoms with E-state index in [4.69, 9.17) is 15.0 Å². The number of pyridine rings is 3. The number of fused-ring (bicyclic) bond motifs is 3. The predicted molar refractivity (Wildman–Crippen MR) is 212 cm³/mol. The Balaban J connectivity index is 1.08. The normalized spacial score (nSPS) is 11.2. The standard InChI is InChI=1S/C48H33N3/c1-32-28-44(51-48-42(32)26-24-38-25-27-43(50-47(38)48)35-14-7-3-8-15-35)40-19-11-18-39(29-40)34-20-22-37(23-21-34)46-31-41(33-12-5-2-6-13-33)30-45(49-46)36-16-9-4-10-17-36/h2-31H,1H3. The Morgan fingerprint density at radius 3 is 1.47 bits per heavy atom. The third-order valence-electron chi connectivity index (χ3n) is 9.59. The first kappa shape index (κ1) is 30.4. The topological polar surface area (TPSA) is 38.7 Å². The van der Waals surface area contributed by atoms with Gasteiger partial charge in [0.05, 0.1) is 33.8 Å². The van der Waals surface area contributed by atoms with Crippen LogP contribution in [-0.4, -0.2) is 15.0 Å². The maximum absolute atomic E-state index is 5.25. The highest BCUT2D eigenvalue weighted by Crippen LogP contribution is 2.34. The van der Waals surface area contributed by atoms with E-state index in [1.165, 1.54) is 11.1 Å². The molecule has 0 radical (unpaired) electrons.